The van der Waals surface area contributed by atoms with E-state index in [2.05, 4.69) is 44.1 Å². The van der Waals surface area contributed by atoms with Crippen molar-refractivity contribution in [1.29, 1.82) is 0 Å². The summed E-state index contributed by atoms with van der Waals surface area (Å²) in [5, 5.41) is 14.2. The van der Waals surface area contributed by atoms with Gasteiger partial charge in [0.25, 0.3) is 0 Å². The zero-order valence-corrected chi connectivity index (χ0v) is 15.7. The van der Waals surface area contributed by atoms with E-state index >= 15 is 0 Å². The van der Waals surface area contributed by atoms with Gasteiger partial charge in [0.2, 0.25) is 0 Å². The topological polar surface area (TPSA) is 32.3 Å². The third kappa shape index (κ3) is 3.93. The standard InChI is InChI=1S/C16H16Br2ClNO/c1-3-14(11-7-10(17)4-5-16(11)21)20-15-8-13(19)9(2)6-12(15)18/h4-8,14,20-21H,3H2,1-2H3. The number of anilines is 1. The Morgan fingerprint density at radius 3 is 2.62 bits per heavy atom. The van der Waals surface area contributed by atoms with Gasteiger partial charge in [-0.3, -0.25) is 0 Å². The number of aromatic hydroxyl groups is 1. The van der Waals surface area contributed by atoms with Crippen LogP contribution in [0.25, 0.3) is 0 Å². The molecule has 1 atom stereocenters. The second-order valence-corrected chi connectivity index (χ2v) is 7.07. The van der Waals surface area contributed by atoms with Crippen molar-refractivity contribution in [2.24, 2.45) is 0 Å². The van der Waals surface area contributed by atoms with Gasteiger partial charge in [0, 0.05) is 19.5 Å². The number of phenolic OH excluding ortho intramolecular Hbond substituents is 1. The van der Waals surface area contributed by atoms with Crippen LogP contribution in [0, 0.1) is 6.92 Å². The Labute approximate surface area is 146 Å². The molecule has 0 aliphatic heterocycles. The van der Waals surface area contributed by atoms with Gasteiger partial charge in [0.15, 0.2) is 0 Å². The van der Waals surface area contributed by atoms with Crippen molar-refractivity contribution in [2.45, 2.75) is 26.3 Å². The van der Waals surface area contributed by atoms with Gasteiger partial charge in [0.1, 0.15) is 5.75 Å². The van der Waals surface area contributed by atoms with Gasteiger partial charge >= 0.3 is 0 Å². The Morgan fingerprint density at radius 2 is 1.95 bits per heavy atom. The Bertz CT molecular complexity index is 661. The van der Waals surface area contributed by atoms with Crippen LogP contribution in [0.5, 0.6) is 5.75 Å². The molecule has 0 aliphatic rings. The Morgan fingerprint density at radius 1 is 1.24 bits per heavy atom. The predicted octanol–water partition coefficient (Wildman–Crippen LogP) is 6.44. The minimum atomic E-state index is -0.00225. The number of hydrogen-bond donors (Lipinski definition) is 2. The third-order valence-electron chi connectivity index (χ3n) is 3.35. The highest BCUT2D eigenvalue weighted by Crippen LogP contribution is 2.35. The monoisotopic (exact) mass is 431 g/mol. The third-order valence-corrected chi connectivity index (χ3v) is 4.91. The first kappa shape index (κ1) is 16.7. The van der Waals surface area contributed by atoms with Crippen LogP contribution >= 0.6 is 43.5 Å². The molecule has 0 radical (unpaired) electrons. The van der Waals surface area contributed by atoms with E-state index in [-0.39, 0.29) is 11.8 Å². The average molecular weight is 434 g/mol. The zero-order chi connectivity index (χ0) is 15.6. The number of nitrogens with one attached hydrogen (secondary N) is 1. The van der Waals surface area contributed by atoms with Crippen molar-refractivity contribution >= 4 is 49.1 Å². The molecule has 0 aliphatic carbocycles. The van der Waals surface area contributed by atoms with E-state index in [1.54, 1.807) is 6.07 Å². The SMILES string of the molecule is CCC(Nc1cc(Cl)c(C)cc1Br)c1cc(Br)ccc1O. The maximum absolute atomic E-state index is 10.1. The number of phenols is 1. The van der Waals surface area contributed by atoms with Crippen molar-refractivity contribution in [3.8, 4) is 5.75 Å². The molecular weight excluding hydrogens is 417 g/mol. The molecule has 2 aromatic rings. The first-order chi connectivity index (χ1) is 9.92. The molecule has 0 saturated carbocycles. The van der Waals surface area contributed by atoms with Crippen molar-refractivity contribution in [3.05, 3.63) is 55.4 Å². The molecule has 2 nitrogen and oxygen atoms in total. The fourth-order valence-corrected chi connectivity index (χ4v) is 3.26. The Balaban J connectivity index is 2.35. The molecule has 0 saturated heterocycles. The second kappa shape index (κ2) is 7.03. The van der Waals surface area contributed by atoms with E-state index in [0.29, 0.717) is 5.02 Å². The minimum Gasteiger partial charge on any atom is -0.508 e. The smallest absolute Gasteiger partial charge is 0.120 e. The van der Waals surface area contributed by atoms with Gasteiger partial charge in [-0.2, -0.15) is 0 Å². The molecular formula is C16H16Br2ClNO. The molecule has 0 spiro atoms. The summed E-state index contributed by atoms with van der Waals surface area (Å²) >= 11 is 13.2. The van der Waals surface area contributed by atoms with E-state index < -0.39 is 0 Å². The number of rotatable bonds is 4. The van der Waals surface area contributed by atoms with Crippen LogP contribution in [0.4, 0.5) is 5.69 Å². The van der Waals surface area contributed by atoms with Crippen molar-refractivity contribution < 1.29 is 5.11 Å². The highest BCUT2D eigenvalue weighted by Gasteiger charge is 2.16. The molecule has 21 heavy (non-hydrogen) atoms. The molecule has 1 unspecified atom stereocenters. The normalized spacial score (nSPS) is 12.2. The molecule has 0 bridgehead atoms. The lowest BCUT2D eigenvalue weighted by atomic mass is 10.0. The summed E-state index contributed by atoms with van der Waals surface area (Å²) in [6.45, 7) is 4.04. The van der Waals surface area contributed by atoms with Crippen LogP contribution in [0.1, 0.15) is 30.5 Å². The molecule has 0 fully saturated rings. The Hall–Kier alpha value is -0.710. The lowest BCUT2D eigenvalue weighted by Gasteiger charge is -2.21. The van der Waals surface area contributed by atoms with Crippen LogP contribution in [0.15, 0.2) is 39.3 Å². The lowest BCUT2D eigenvalue weighted by molar-refractivity contribution is 0.462. The van der Waals surface area contributed by atoms with E-state index in [4.69, 9.17) is 11.6 Å². The Kier molecular flexibility index (Phi) is 5.58. The number of aryl methyl sites for hydroxylation is 1. The van der Waals surface area contributed by atoms with E-state index in [0.717, 1.165) is 32.2 Å². The zero-order valence-electron chi connectivity index (χ0n) is 11.8. The summed E-state index contributed by atoms with van der Waals surface area (Å²) in [6.07, 6.45) is 0.835. The molecule has 2 N–H and O–H groups in total. The van der Waals surface area contributed by atoms with Gasteiger partial charge < -0.3 is 10.4 Å². The van der Waals surface area contributed by atoms with Crippen LogP contribution in [-0.4, -0.2) is 5.11 Å². The molecule has 0 heterocycles. The summed E-state index contributed by atoms with van der Waals surface area (Å²) < 4.78 is 1.90. The summed E-state index contributed by atoms with van der Waals surface area (Å²) in [5.41, 5.74) is 2.79. The van der Waals surface area contributed by atoms with Crippen molar-refractivity contribution in [2.75, 3.05) is 5.32 Å². The number of hydrogen-bond acceptors (Lipinski definition) is 2. The molecule has 0 amide bonds. The predicted molar refractivity (Wildman–Crippen MR) is 96.4 cm³/mol. The maximum atomic E-state index is 10.1. The number of benzene rings is 2. The largest absolute Gasteiger partial charge is 0.508 e. The summed E-state index contributed by atoms with van der Waals surface area (Å²) in [6, 6.07) is 9.33. The van der Waals surface area contributed by atoms with E-state index in [9.17, 15) is 5.11 Å². The van der Waals surface area contributed by atoms with Crippen molar-refractivity contribution in [3.63, 3.8) is 0 Å². The fourth-order valence-electron chi connectivity index (χ4n) is 2.15. The van der Waals surface area contributed by atoms with Gasteiger partial charge in [0.05, 0.1) is 11.7 Å². The highest BCUT2D eigenvalue weighted by atomic mass is 79.9. The molecule has 2 aromatic carbocycles. The van der Waals surface area contributed by atoms with Gasteiger partial charge in [-0.15, -0.1) is 0 Å². The van der Waals surface area contributed by atoms with Crippen molar-refractivity contribution in [1.82, 2.24) is 0 Å². The first-order valence-corrected chi connectivity index (χ1v) is 8.59. The summed E-state index contributed by atoms with van der Waals surface area (Å²) in [7, 11) is 0. The van der Waals surface area contributed by atoms with Crippen LogP contribution in [0.2, 0.25) is 5.02 Å². The maximum Gasteiger partial charge on any atom is 0.120 e. The summed E-state index contributed by atoms with van der Waals surface area (Å²) in [4.78, 5) is 0. The average Bonchev–Trinajstić information content (AvgIpc) is 2.44. The highest BCUT2D eigenvalue weighted by molar-refractivity contribution is 9.10. The van der Waals surface area contributed by atoms with Crippen LogP contribution in [-0.2, 0) is 0 Å². The summed E-state index contributed by atoms with van der Waals surface area (Å²) in [5.74, 6) is 0.284. The first-order valence-electron chi connectivity index (χ1n) is 6.63. The molecule has 0 aromatic heterocycles. The van der Waals surface area contributed by atoms with Gasteiger partial charge in [-0.25, -0.2) is 0 Å². The van der Waals surface area contributed by atoms with E-state index in [1.165, 1.54) is 0 Å². The van der Waals surface area contributed by atoms with Gasteiger partial charge in [-0.05, 0) is 65.2 Å². The molecule has 112 valence electrons. The quantitative estimate of drug-likeness (QED) is 0.581. The van der Waals surface area contributed by atoms with Crippen LogP contribution in [0.3, 0.4) is 0 Å². The number of halogens is 3. The lowest BCUT2D eigenvalue weighted by Crippen LogP contribution is -2.10. The second-order valence-electron chi connectivity index (χ2n) is 4.89. The molecule has 5 heteroatoms. The van der Waals surface area contributed by atoms with E-state index in [1.807, 2.05) is 31.2 Å². The minimum absolute atomic E-state index is 0.00225. The molecule has 2 rings (SSSR count). The van der Waals surface area contributed by atoms with Gasteiger partial charge in [-0.1, -0.05) is 34.5 Å². The van der Waals surface area contributed by atoms with Crippen LogP contribution < -0.4 is 5.32 Å². The fraction of sp³-hybridized carbons (Fsp3) is 0.250.